The zero-order valence-corrected chi connectivity index (χ0v) is 79.2. The molecule has 0 bridgehead atoms. The molecule has 22 aromatic carbocycles. The summed E-state index contributed by atoms with van der Waals surface area (Å²) >= 11 is 1.86. The van der Waals surface area contributed by atoms with E-state index in [2.05, 4.69) is 467 Å². The largest absolute Gasteiger partial charge is 0.309 e. The molecule has 0 unspecified atom stereocenters. The summed E-state index contributed by atoms with van der Waals surface area (Å²) in [6, 6.07) is 181. The molecule has 8 heterocycles. The average Bonchev–Trinajstić information content (AvgIpc) is 1.54. The third-order valence-corrected chi connectivity index (χ3v) is 29.8. The topological polar surface area (TPSA) is 97.1 Å². The minimum Gasteiger partial charge on any atom is -0.309 e. The van der Waals surface area contributed by atoms with Crippen molar-refractivity contribution < 1.29 is 0 Å². The van der Waals surface area contributed by atoms with Crippen molar-refractivity contribution in [1.29, 1.82) is 0 Å². The Bertz CT molecular complexity index is 10400. The molecule has 0 amide bonds. The Balaban J connectivity index is 0.000000106. The van der Waals surface area contributed by atoms with Crippen LogP contribution in [0.1, 0.15) is 0 Å². The molecule has 0 saturated heterocycles. The molecule has 0 atom stereocenters. The predicted octanol–water partition coefficient (Wildman–Crippen LogP) is 35.3. The molecule has 0 fully saturated rings. The van der Waals surface area contributed by atoms with Crippen LogP contribution in [-0.2, 0) is 0 Å². The lowest BCUT2D eigenvalue weighted by Crippen LogP contribution is -2.03. The fourth-order valence-electron chi connectivity index (χ4n) is 22.1. The van der Waals surface area contributed by atoms with E-state index in [9.17, 15) is 0 Å². The molecule has 0 aliphatic carbocycles. The van der Waals surface area contributed by atoms with Crippen molar-refractivity contribution in [2.24, 2.45) is 0 Å². The van der Waals surface area contributed by atoms with E-state index in [0.717, 1.165) is 134 Å². The molecular formula is C134H84N10S. The van der Waals surface area contributed by atoms with Crippen LogP contribution in [-0.4, -0.2) is 48.2 Å². The maximum absolute atomic E-state index is 5.41. The second kappa shape index (κ2) is 35.0. The highest BCUT2D eigenvalue weighted by molar-refractivity contribution is 7.27. The van der Waals surface area contributed by atoms with Crippen molar-refractivity contribution in [1.82, 2.24) is 48.2 Å². The van der Waals surface area contributed by atoms with E-state index >= 15 is 0 Å². The van der Waals surface area contributed by atoms with Gasteiger partial charge >= 0.3 is 0 Å². The molecule has 8 aromatic heterocycles. The highest BCUT2D eigenvalue weighted by atomic mass is 32.1. The number of nitrogens with zero attached hydrogens (tertiary/aromatic N) is 10. The van der Waals surface area contributed by atoms with Crippen LogP contribution in [0.3, 0.4) is 0 Å². The summed E-state index contributed by atoms with van der Waals surface area (Å²) in [6.45, 7) is 0. The first kappa shape index (κ1) is 83.9. The van der Waals surface area contributed by atoms with Crippen LogP contribution in [0.4, 0.5) is 0 Å². The standard InChI is InChI=1S/C48H31N3.C44H28N4.C42H25N3S/c1-4-15-32(16-5-1)35-27-28-40-44(30-35)51(45-31-41(33-17-6-2-7-18-33)38-23-10-11-24-39(38)46(40)45)37-22-14-21-36(29-37)48-47(34-19-8-3-9-20-34)49-42-25-12-13-26-43(42)50-48;1-3-13-29(14-4-1)43-44(46-38-20-10-9-19-37(38)45-43)30-23-25-32(26-24-30)48-40-22-12-8-18-34(40)36-27-35-33-17-7-11-21-39(33)47(41(35)28-42(36)48)31-15-5-2-6-16-31;1-3-13-26(14-4-1)28-23-24-32-35(25-28)45(42-43-34-21-11-9-19-31(34)39(44-42)27-15-5-2-6-16-27)40-37(32)29-17-7-8-18-30(29)38-33-20-10-12-22-36(33)46-41(38)40/h1-31H;1-28H;1-25H. The first-order chi connectivity index (χ1) is 71.9. The molecule has 0 radical (unpaired) electrons. The number of fused-ring (bicyclic) bond motifs is 24. The summed E-state index contributed by atoms with van der Waals surface area (Å²) < 4.78 is 12.1. The van der Waals surface area contributed by atoms with E-state index in [1.165, 1.54) is 135 Å². The Hall–Kier alpha value is -19.2. The Labute approximate surface area is 837 Å². The fraction of sp³-hybridized carbons (Fsp3) is 0. The summed E-state index contributed by atoms with van der Waals surface area (Å²) in [6.07, 6.45) is 0. The second-order valence-electron chi connectivity index (χ2n) is 37.0. The summed E-state index contributed by atoms with van der Waals surface area (Å²) in [7, 11) is 0. The highest BCUT2D eigenvalue weighted by Crippen LogP contribution is 2.51. The molecule has 10 nitrogen and oxygen atoms in total. The van der Waals surface area contributed by atoms with Crippen LogP contribution < -0.4 is 0 Å². The van der Waals surface area contributed by atoms with Gasteiger partial charge in [0.05, 0.1) is 105 Å². The molecule has 676 valence electrons. The van der Waals surface area contributed by atoms with E-state index in [1.54, 1.807) is 0 Å². The van der Waals surface area contributed by atoms with E-state index in [-0.39, 0.29) is 0 Å². The first-order valence-electron chi connectivity index (χ1n) is 49.1. The quantitative estimate of drug-likeness (QED) is 0.121. The molecule has 145 heavy (non-hydrogen) atoms. The van der Waals surface area contributed by atoms with Crippen LogP contribution in [0.2, 0.25) is 0 Å². The Morgan fingerprint density at radius 1 is 0.159 bits per heavy atom. The van der Waals surface area contributed by atoms with Gasteiger partial charge in [-0.25, -0.2) is 29.9 Å². The zero-order chi connectivity index (χ0) is 95.5. The third-order valence-electron chi connectivity index (χ3n) is 28.6. The van der Waals surface area contributed by atoms with Gasteiger partial charge in [0.1, 0.15) is 0 Å². The molecule has 0 saturated carbocycles. The van der Waals surface area contributed by atoms with Crippen LogP contribution in [0, 0.1) is 0 Å². The minimum absolute atomic E-state index is 0.678. The number of hydrogen-bond donors (Lipinski definition) is 0. The van der Waals surface area contributed by atoms with Crippen LogP contribution in [0.15, 0.2) is 510 Å². The maximum atomic E-state index is 5.41. The van der Waals surface area contributed by atoms with Gasteiger partial charge in [-0.2, -0.15) is 0 Å². The third kappa shape index (κ3) is 14.3. The van der Waals surface area contributed by atoms with Gasteiger partial charge in [-0.3, -0.25) is 4.57 Å². The molecule has 0 aliphatic heterocycles. The summed E-state index contributed by atoms with van der Waals surface area (Å²) in [4.78, 5) is 31.4. The zero-order valence-electron chi connectivity index (χ0n) is 78.4. The van der Waals surface area contributed by atoms with E-state index in [4.69, 9.17) is 29.9 Å². The smallest absolute Gasteiger partial charge is 0.235 e. The monoisotopic (exact) mass is 1860 g/mol. The summed E-state index contributed by atoms with van der Waals surface area (Å²) in [5.41, 5.74) is 33.9. The molecule has 0 N–H and O–H groups in total. The number of benzene rings is 22. The Morgan fingerprint density at radius 2 is 0.517 bits per heavy atom. The van der Waals surface area contributed by atoms with Crippen molar-refractivity contribution in [3.8, 4) is 113 Å². The molecule has 30 aromatic rings. The lowest BCUT2D eigenvalue weighted by molar-refractivity contribution is 1.02. The first-order valence-corrected chi connectivity index (χ1v) is 49.9. The predicted molar refractivity (Wildman–Crippen MR) is 607 cm³/mol. The normalized spacial score (nSPS) is 11.7. The van der Waals surface area contributed by atoms with Crippen LogP contribution >= 0.6 is 11.3 Å². The molecular weight excluding hydrogens is 1780 g/mol. The average molecular weight is 1870 g/mol. The molecule has 0 spiro atoms. The van der Waals surface area contributed by atoms with E-state index in [0.29, 0.717) is 5.95 Å². The number of para-hydroxylation sites is 8. The molecule has 0 aliphatic rings. The van der Waals surface area contributed by atoms with Gasteiger partial charge in [-0.15, -0.1) is 11.3 Å². The van der Waals surface area contributed by atoms with Crippen molar-refractivity contribution in [3.05, 3.63) is 510 Å². The van der Waals surface area contributed by atoms with Crippen molar-refractivity contribution in [2.75, 3.05) is 0 Å². The van der Waals surface area contributed by atoms with Gasteiger partial charge in [0.15, 0.2) is 0 Å². The van der Waals surface area contributed by atoms with Gasteiger partial charge < -0.3 is 13.7 Å². The van der Waals surface area contributed by atoms with Crippen molar-refractivity contribution in [3.63, 3.8) is 0 Å². The van der Waals surface area contributed by atoms with Gasteiger partial charge in [-0.1, -0.05) is 394 Å². The van der Waals surface area contributed by atoms with Crippen LogP contribution in [0.25, 0.3) is 275 Å². The maximum Gasteiger partial charge on any atom is 0.235 e. The van der Waals surface area contributed by atoms with Crippen molar-refractivity contribution >= 4 is 173 Å². The van der Waals surface area contributed by atoms with Gasteiger partial charge in [0.2, 0.25) is 5.95 Å². The van der Waals surface area contributed by atoms with Gasteiger partial charge in [0, 0.05) is 109 Å². The van der Waals surface area contributed by atoms with Gasteiger partial charge in [0.25, 0.3) is 0 Å². The van der Waals surface area contributed by atoms with E-state index in [1.807, 2.05) is 72.0 Å². The summed E-state index contributed by atoms with van der Waals surface area (Å²) in [5, 5.41) is 18.5. The SMILES string of the molecule is c1ccc(-c2ccc3c4c5ccccc5c(-c5ccccc5)cc4n(-c4cccc(-c5nc6ccccc6nc5-c5ccccc5)c4)c3c2)cc1.c1ccc(-c2ccc3c4c5ccccc5c5c6ccccc6sc5c4n(-c4nc(-c5ccccc5)c5ccccc5n4)c3c2)cc1.c1ccc(-c2nc3ccccc3nc2-c2ccc(-n3c4ccccc4c4cc5c6ccccc6n(-c6ccccc6)c5cc43)cc2)cc1. The van der Waals surface area contributed by atoms with Crippen LogP contribution in [0.5, 0.6) is 0 Å². The minimum atomic E-state index is 0.678. The van der Waals surface area contributed by atoms with E-state index < -0.39 is 0 Å². The lowest BCUT2D eigenvalue weighted by atomic mass is 9.94. The number of aromatic nitrogens is 10. The van der Waals surface area contributed by atoms with Gasteiger partial charge in [-0.05, 0) is 170 Å². The second-order valence-corrected chi connectivity index (χ2v) is 38.1. The Kier molecular flexibility index (Phi) is 20.3. The number of hydrogen-bond acceptors (Lipinski definition) is 7. The Morgan fingerprint density at radius 3 is 1.05 bits per heavy atom. The van der Waals surface area contributed by atoms with Crippen molar-refractivity contribution in [2.45, 2.75) is 0 Å². The summed E-state index contributed by atoms with van der Waals surface area (Å²) in [5.74, 6) is 0.678. The molecule has 30 rings (SSSR count). The number of thiophene rings is 1. The molecule has 11 heteroatoms. The lowest BCUT2D eigenvalue weighted by Gasteiger charge is -2.14. The highest BCUT2D eigenvalue weighted by Gasteiger charge is 2.28. The number of rotatable bonds is 12. The fourth-order valence-corrected chi connectivity index (χ4v) is 23.4.